The van der Waals surface area contributed by atoms with Crippen LogP contribution in [-0.2, 0) is 6.54 Å². The molecule has 1 aromatic rings. The zero-order valence-corrected chi connectivity index (χ0v) is 10.4. The Balaban J connectivity index is 2.57. The summed E-state index contributed by atoms with van der Waals surface area (Å²) in [4.78, 5) is 0. The van der Waals surface area contributed by atoms with E-state index in [4.69, 9.17) is 16.0 Å². The second-order valence-electron chi connectivity index (χ2n) is 4.74. The molecule has 0 aliphatic rings. The summed E-state index contributed by atoms with van der Waals surface area (Å²) in [6.45, 7) is 7.98. The Labute approximate surface area is 95.4 Å². The number of aliphatic hydroxyl groups is 1. The summed E-state index contributed by atoms with van der Waals surface area (Å²) >= 11 is 5.66. The van der Waals surface area contributed by atoms with E-state index in [0.29, 0.717) is 11.8 Å². The Morgan fingerprint density at radius 3 is 2.33 bits per heavy atom. The van der Waals surface area contributed by atoms with Gasteiger partial charge in [-0.05, 0) is 51.4 Å². The van der Waals surface area contributed by atoms with Crippen LogP contribution in [0.25, 0.3) is 0 Å². The molecule has 0 aromatic carbocycles. The highest BCUT2D eigenvalue weighted by atomic mass is 35.5. The van der Waals surface area contributed by atoms with Crippen molar-refractivity contribution >= 4 is 11.6 Å². The van der Waals surface area contributed by atoms with Gasteiger partial charge in [-0.1, -0.05) is 0 Å². The molecular formula is C11H18ClNO2. The van der Waals surface area contributed by atoms with Crippen molar-refractivity contribution in [1.82, 2.24) is 5.32 Å². The van der Waals surface area contributed by atoms with Gasteiger partial charge in [-0.25, -0.2) is 0 Å². The van der Waals surface area contributed by atoms with Gasteiger partial charge in [0.1, 0.15) is 5.76 Å². The Bertz CT molecular complexity index is 326. The number of furan rings is 1. The molecule has 0 saturated heterocycles. The second kappa shape index (κ2) is 4.16. The largest absolute Gasteiger partial charge is 0.448 e. The third-order valence-electron chi connectivity index (χ3n) is 2.86. The molecule has 1 rings (SSSR count). The highest BCUT2D eigenvalue weighted by Crippen LogP contribution is 2.21. The maximum Gasteiger partial charge on any atom is 0.193 e. The lowest BCUT2D eigenvalue weighted by Crippen LogP contribution is -2.55. The molecule has 0 bridgehead atoms. The zero-order chi connectivity index (χ0) is 11.7. The SMILES string of the molecule is CC(C)(O)C(C)(C)NCc1ccc(Cl)o1. The van der Waals surface area contributed by atoms with Gasteiger partial charge in [-0.3, -0.25) is 0 Å². The quantitative estimate of drug-likeness (QED) is 0.837. The highest BCUT2D eigenvalue weighted by molar-refractivity contribution is 6.28. The van der Waals surface area contributed by atoms with Crippen molar-refractivity contribution in [2.24, 2.45) is 0 Å². The molecule has 0 aliphatic heterocycles. The van der Waals surface area contributed by atoms with Crippen molar-refractivity contribution < 1.29 is 9.52 Å². The highest BCUT2D eigenvalue weighted by Gasteiger charge is 2.34. The molecule has 0 amide bonds. The fourth-order valence-corrected chi connectivity index (χ4v) is 1.13. The van der Waals surface area contributed by atoms with Crippen molar-refractivity contribution in [2.45, 2.75) is 45.4 Å². The van der Waals surface area contributed by atoms with Gasteiger partial charge in [0.2, 0.25) is 0 Å². The average molecular weight is 232 g/mol. The van der Waals surface area contributed by atoms with Crippen molar-refractivity contribution in [1.29, 1.82) is 0 Å². The molecule has 0 radical (unpaired) electrons. The third-order valence-corrected chi connectivity index (χ3v) is 3.07. The smallest absolute Gasteiger partial charge is 0.193 e. The Hall–Kier alpha value is -0.510. The molecular weight excluding hydrogens is 214 g/mol. The number of hydrogen-bond acceptors (Lipinski definition) is 3. The van der Waals surface area contributed by atoms with Crippen LogP contribution in [0.15, 0.2) is 16.5 Å². The van der Waals surface area contributed by atoms with Gasteiger partial charge in [0.05, 0.1) is 12.1 Å². The van der Waals surface area contributed by atoms with Gasteiger partial charge < -0.3 is 14.8 Å². The average Bonchev–Trinajstić information content (AvgIpc) is 2.46. The van der Waals surface area contributed by atoms with Gasteiger partial charge in [-0.15, -0.1) is 0 Å². The van der Waals surface area contributed by atoms with Crippen LogP contribution < -0.4 is 5.32 Å². The predicted molar refractivity (Wildman–Crippen MR) is 60.9 cm³/mol. The first kappa shape index (κ1) is 12.6. The maximum atomic E-state index is 9.91. The summed E-state index contributed by atoms with van der Waals surface area (Å²) in [5, 5.41) is 13.5. The monoisotopic (exact) mass is 231 g/mol. The summed E-state index contributed by atoms with van der Waals surface area (Å²) in [7, 11) is 0. The van der Waals surface area contributed by atoms with Crippen LogP contribution in [0.5, 0.6) is 0 Å². The van der Waals surface area contributed by atoms with Crippen molar-refractivity contribution in [2.75, 3.05) is 0 Å². The predicted octanol–water partition coefficient (Wildman–Crippen LogP) is 2.57. The fraction of sp³-hybridized carbons (Fsp3) is 0.636. The minimum atomic E-state index is -0.802. The number of nitrogens with one attached hydrogen (secondary N) is 1. The molecule has 0 fully saturated rings. The summed E-state index contributed by atoms with van der Waals surface area (Å²) in [6.07, 6.45) is 0. The molecule has 1 heterocycles. The molecule has 1 aromatic heterocycles. The number of rotatable bonds is 4. The minimum absolute atomic E-state index is 0.382. The van der Waals surface area contributed by atoms with E-state index in [0.717, 1.165) is 5.76 Å². The summed E-state index contributed by atoms with van der Waals surface area (Å²) in [5.74, 6) is 0.761. The van der Waals surface area contributed by atoms with E-state index in [9.17, 15) is 5.11 Å². The van der Waals surface area contributed by atoms with Crippen LogP contribution in [0.3, 0.4) is 0 Å². The number of halogens is 1. The third kappa shape index (κ3) is 3.23. The van der Waals surface area contributed by atoms with E-state index < -0.39 is 11.1 Å². The van der Waals surface area contributed by atoms with Crippen LogP contribution >= 0.6 is 11.6 Å². The van der Waals surface area contributed by atoms with Crippen molar-refractivity contribution in [3.05, 3.63) is 23.1 Å². The van der Waals surface area contributed by atoms with Gasteiger partial charge in [0.25, 0.3) is 0 Å². The van der Waals surface area contributed by atoms with E-state index in [2.05, 4.69) is 5.32 Å². The van der Waals surface area contributed by atoms with E-state index in [1.807, 2.05) is 19.9 Å². The van der Waals surface area contributed by atoms with Crippen LogP contribution in [0, 0.1) is 0 Å². The summed E-state index contributed by atoms with van der Waals surface area (Å²) in [5.41, 5.74) is -1.20. The standard InChI is InChI=1S/C11H18ClNO2/c1-10(2,11(3,4)14)13-7-8-5-6-9(12)15-8/h5-6,13-14H,7H2,1-4H3. The Morgan fingerprint density at radius 1 is 1.33 bits per heavy atom. The first-order valence-electron chi connectivity index (χ1n) is 4.94. The normalized spacial score (nSPS) is 13.2. The Kier molecular flexibility index (Phi) is 3.48. The van der Waals surface area contributed by atoms with Crippen molar-refractivity contribution in [3.8, 4) is 0 Å². The van der Waals surface area contributed by atoms with E-state index in [1.54, 1.807) is 19.9 Å². The van der Waals surface area contributed by atoms with Crippen LogP contribution in [0.4, 0.5) is 0 Å². The molecule has 86 valence electrons. The number of hydrogen-bond donors (Lipinski definition) is 2. The molecule has 0 aliphatic carbocycles. The molecule has 15 heavy (non-hydrogen) atoms. The van der Waals surface area contributed by atoms with Gasteiger partial charge >= 0.3 is 0 Å². The first-order valence-corrected chi connectivity index (χ1v) is 5.32. The van der Waals surface area contributed by atoms with E-state index in [-0.39, 0.29) is 0 Å². The van der Waals surface area contributed by atoms with Gasteiger partial charge in [0, 0.05) is 5.54 Å². The summed E-state index contributed by atoms with van der Waals surface area (Å²) in [6, 6.07) is 3.52. The molecule has 0 spiro atoms. The lowest BCUT2D eigenvalue weighted by molar-refractivity contribution is -0.00601. The molecule has 2 N–H and O–H groups in total. The van der Waals surface area contributed by atoms with Crippen LogP contribution in [0.1, 0.15) is 33.5 Å². The van der Waals surface area contributed by atoms with E-state index >= 15 is 0 Å². The Morgan fingerprint density at radius 2 is 1.93 bits per heavy atom. The molecule has 4 heteroatoms. The van der Waals surface area contributed by atoms with Gasteiger partial charge in [0.15, 0.2) is 5.22 Å². The molecule has 0 atom stereocenters. The molecule has 3 nitrogen and oxygen atoms in total. The molecule has 0 saturated carbocycles. The zero-order valence-electron chi connectivity index (χ0n) is 9.60. The van der Waals surface area contributed by atoms with Crippen LogP contribution in [-0.4, -0.2) is 16.2 Å². The summed E-state index contributed by atoms with van der Waals surface area (Å²) < 4.78 is 5.21. The lowest BCUT2D eigenvalue weighted by Gasteiger charge is -2.38. The van der Waals surface area contributed by atoms with Crippen LogP contribution in [0.2, 0.25) is 5.22 Å². The maximum absolute atomic E-state index is 9.91. The first-order chi connectivity index (χ1) is 6.72. The molecule has 0 unspecified atom stereocenters. The lowest BCUT2D eigenvalue weighted by atomic mass is 9.86. The van der Waals surface area contributed by atoms with E-state index in [1.165, 1.54) is 0 Å². The van der Waals surface area contributed by atoms with Crippen molar-refractivity contribution in [3.63, 3.8) is 0 Å². The fourth-order valence-electron chi connectivity index (χ4n) is 0.971. The minimum Gasteiger partial charge on any atom is -0.448 e. The van der Waals surface area contributed by atoms with Gasteiger partial charge in [-0.2, -0.15) is 0 Å². The topological polar surface area (TPSA) is 45.4 Å². The second-order valence-corrected chi connectivity index (χ2v) is 5.12.